The Kier molecular flexibility index (Phi) is 4.19. The number of nitrogens with two attached hydrogens (primary N) is 1. The van der Waals surface area contributed by atoms with E-state index in [1.165, 1.54) is 11.3 Å². The summed E-state index contributed by atoms with van der Waals surface area (Å²) in [5, 5.41) is 5.47. The summed E-state index contributed by atoms with van der Waals surface area (Å²) < 4.78 is 5.31. The van der Waals surface area contributed by atoms with E-state index < -0.39 is 0 Å². The summed E-state index contributed by atoms with van der Waals surface area (Å²) in [5.41, 5.74) is 6.84. The van der Waals surface area contributed by atoms with Gasteiger partial charge in [-0.25, -0.2) is 0 Å². The average Bonchev–Trinajstić information content (AvgIpc) is 3.03. The van der Waals surface area contributed by atoms with E-state index in [4.69, 9.17) is 21.9 Å². The van der Waals surface area contributed by atoms with E-state index in [0.29, 0.717) is 17.5 Å². The van der Waals surface area contributed by atoms with Crippen molar-refractivity contribution in [1.29, 1.82) is 0 Å². The molecule has 0 fully saturated rings. The van der Waals surface area contributed by atoms with Crippen LogP contribution in [0.1, 0.15) is 11.4 Å². The number of halogens is 1. The van der Waals surface area contributed by atoms with Crippen molar-refractivity contribution in [3.05, 3.63) is 46.7 Å². The molecule has 3 aromatic rings. The van der Waals surface area contributed by atoms with Gasteiger partial charge in [-0.15, -0.1) is 23.1 Å². The molecule has 0 amide bonds. The molecule has 2 N–H and O–H groups in total. The minimum Gasteiger partial charge on any atom is -0.391 e. The van der Waals surface area contributed by atoms with Crippen LogP contribution in [0.3, 0.4) is 0 Å². The summed E-state index contributed by atoms with van der Waals surface area (Å²) in [6.07, 6.45) is 0. The van der Waals surface area contributed by atoms with Crippen molar-refractivity contribution >= 4 is 39.7 Å². The van der Waals surface area contributed by atoms with Crippen molar-refractivity contribution in [2.24, 2.45) is 0 Å². The van der Waals surface area contributed by atoms with Crippen molar-refractivity contribution in [3.63, 3.8) is 0 Å². The van der Waals surface area contributed by atoms with Crippen LogP contribution in [0, 0.1) is 6.92 Å². The molecule has 1 aromatic carbocycles. The van der Waals surface area contributed by atoms with Crippen molar-refractivity contribution in [2.75, 3.05) is 5.73 Å². The third-order valence-corrected chi connectivity index (χ3v) is 5.04. The highest BCUT2D eigenvalue weighted by Crippen LogP contribution is 2.33. The fraction of sp³-hybridized carbons (Fsp3) is 0.143. The Labute approximate surface area is 135 Å². The number of aromatic nitrogens is 2. The molecule has 0 radical (unpaired) electrons. The fourth-order valence-corrected chi connectivity index (χ4v) is 3.74. The number of thiophene rings is 1. The van der Waals surface area contributed by atoms with Gasteiger partial charge in [0.25, 0.3) is 5.89 Å². The van der Waals surface area contributed by atoms with E-state index in [0.717, 1.165) is 25.4 Å². The molecule has 4 nitrogen and oxygen atoms in total. The third-order valence-electron chi connectivity index (χ3n) is 2.76. The van der Waals surface area contributed by atoms with E-state index >= 15 is 0 Å². The number of benzene rings is 1. The Balaban J connectivity index is 1.72. The maximum absolute atomic E-state index is 5.96. The summed E-state index contributed by atoms with van der Waals surface area (Å²) in [4.78, 5) is 6.42. The van der Waals surface area contributed by atoms with E-state index in [1.807, 2.05) is 37.3 Å². The first-order valence-corrected chi connectivity index (χ1v) is 8.37. The number of nitrogens with zero attached hydrogens (tertiary/aromatic N) is 2. The zero-order valence-corrected chi connectivity index (χ0v) is 13.6. The molecule has 2 heterocycles. The zero-order valence-electron chi connectivity index (χ0n) is 11.2. The van der Waals surface area contributed by atoms with Crippen LogP contribution < -0.4 is 5.73 Å². The van der Waals surface area contributed by atoms with Crippen LogP contribution in [-0.4, -0.2) is 10.1 Å². The van der Waals surface area contributed by atoms with Crippen LogP contribution in [0.25, 0.3) is 10.8 Å². The largest absolute Gasteiger partial charge is 0.391 e. The molecule has 0 spiro atoms. The number of thioether (sulfide) groups is 1. The topological polar surface area (TPSA) is 64.9 Å². The maximum atomic E-state index is 5.96. The van der Waals surface area contributed by atoms with Gasteiger partial charge in [0.2, 0.25) is 0 Å². The highest BCUT2D eigenvalue weighted by Gasteiger charge is 2.14. The molecular weight excluding hydrogens is 326 g/mol. The third kappa shape index (κ3) is 3.40. The summed E-state index contributed by atoms with van der Waals surface area (Å²) in [7, 11) is 0. The van der Waals surface area contributed by atoms with Crippen LogP contribution in [0.5, 0.6) is 0 Å². The van der Waals surface area contributed by atoms with Gasteiger partial charge < -0.3 is 10.3 Å². The molecule has 0 aliphatic heterocycles. The lowest BCUT2D eigenvalue weighted by atomic mass is 10.3. The minimum atomic E-state index is 0.524. The molecule has 0 aliphatic rings. The monoisotopic (exact) mass is 337 g/mol. The number of nitrogen functional groups attached to an aromatic ring is 1. The fourth-order valence-electron chi connectivity index (χ4n) is 1.83. The quantitative estimate of drug-likeness (QED) is 0.703. The number of aryl methyl sites for hydroxylation is 1. The Morgan fingerprint density at radius 2 is 2.24 bits per heavy atom. The van der Waals surface area contributed by atoms with Gasteiger partial charge in [-0.3, -0.25) is 0 Å². The van der Waals surface area contributed by atoms with Crippen molar-refractivity contribution in [1.82, 2.24) is 10.1 Å². The Bertz CT molecular complexity index is 769. The second-order valence-electron chi connectivity index (χ2n) is 4.42. The van der Waals surface area contributed by atoms with Gasteiger partial charge in [0.1, 0.15) is 0 Å². The van der Waals surface area contributed by atoms with Crippen molar-refractivity contribution < 1.29 is 4.52 Å². The number of anilines is 1. The van der Waals surface area contributed by atoms with E-state index in [1.54, 1.807) is 11.8 Å². The lowest BCUT2D eigenvalue weighted by molar-refractivity contribution is 0.426. The molecule has 21 heavy (non-hydrogen) atoms. The maximum Gasteiger partial charge on any atom is 0.268 e. The average molecular weight is 338 g/mol. The van der Waals surface area contributed by atoms with Gasteiger partial charge in [-0.05, 0) is 36.8 Å². The Morgan fingerprint density at radius 1 is 1.38 bits per heavy atom. The van der Waals surface area contributed by atoms with Gasteiger partial charge in [-0.1, -0.05) is 22.8 Å². The second-order valence-corrected chi connectivity index (χ2v) is 6.99. The molecule has 3 rings (SSSR count). The van der Waals surface area contributed by atoms with Gasteiger partial charge in [-0.2, -0.15) is 4.98 Å². The molecule has 0 atom stereocenters. The molecule has 108 valence electrons. The predicted molar refractivity (Wildman–Crippen MR) is 87.8 cm³/mol. The van der Waals surface area contributed by atoms with Crippen molar-refractivity contribution in [3.8, 4) is 10.8 Å². The lowest BCUT2D eigenvalue weighted by Gasteiger charge is -1.98. The smallest absolute Gasteiger partial charge is 0.268 e. The van der Waals surface area contributed by atoms with Gasteiger partial charge in [0.15, 0.2) is 5.82 Å². The highest BCUT2D eigenvalue weighted by molar-refractivity contribution is 7.98. The van der Waals surface area contributed by atoms with Gasteiger partial charge in [0.05, 0.1) is 15.6 Å². The lowest BCUT2D eigenvalue weighted by Crippen LogP contribution is -1.84. The van der Waals surface area contributed by atoms with E-state index in [2.05, 4.69) is 10.1 Å². The van der Waals surface area contributed by atoms with Gasteiger partial charge in [0, 0.05) is 9.92 Å². The standard InChI is InChI=1S/C14H12ClN3OS2/c1-8-5-11(16)21-13(8)14-17-12(18-19-14)7-20-10-4-2-3-9(15)6-10/h2-6H,7,16H2,1H3. The zero-order chi connectivity index (χ0) is 14.8. The number of rotatable bonds is 4. The van der Waals surface area contributed by atoms with E-state index in [9.17, 15) is 0 Å². The van der Waals surface area contributed by atoms with Crippen molar-refractivity contribution in [2.45, 2.75) is 17.6 Å². The Hall–Kier alpha value is -1.50. The molecule has 0 bridgehead atoms. The SMILES string of the molecule is Cc1cc(N)sc1-c1nc(CSc2cccc(Cl)c2)no1. The molecule has 0 saturated heterocycles. The minimum absolute atomic E-state index is 0.524. The van der Waals surface area contributed by atoms with Crippen LogP contribution >= 0.6 is 34.7 Å². The highest BCUT2D eigenvalue weighted by atomic mass is 35.5. The first kappa shape index (κ1) is 14.4. The summed E-state index contributed by atoms with van der Waals surface area (Å²) >= 11 is 9.03. The van der Waals surface area contributed by atoms with Crippen LogP contribution in [0.15, 0.2) is 39.8 Å². The van der Waals surface area contributed by atoms with E-state index in [-0.39, 0.29) is 0 Å². The second kappa shape index (κ2) is 6.09. The number of hydrogen-bond donors (Lipinski definition) is 1. The van der Waals surface area contributed by atoms with Crippen LogP contribution in [0.4, 0.5) is 5.00 Å². The molecule has 0 unspecified atom stereocenters. The first-order valence-electron chi connectivity index (χ1n) is 6.19. The molecule has 0 aliphatic carbocycles. The van der Waals surface area contributed by atoms with Gasteiger partial charge >= 0.3 is 0 Å². The normalized spacial score (nSPS) is 11.0. The van der Waals surface area contributed by atoms with Crippen LogP contribution in [-0.2, 0) is 5.75 Å². The Morgan fingerprint density at radius 3 is 2.95 bits per heavy atom. The first-order chi connectivity index (χ1) is 10.1. The summed E-state index contributed by atoms with van der Waals surface area (Å²) in [6.45, 7) is 1.98. The predicted octanol–water partition coefficient (Wildman–Crippen LogP) is 4.63. The molecule has 7 heteroatoms. The summed E-state index contributed by atoms with van der Waals surface area (Å²) in [6, 6.07) is 9.59. The van der Waals surface area contributed by atoms with Crippen LogP contribution in [0.2, 0.25) is 5.02 Å². The molecule has 2 aromatic heterocycles. The summed E-state index contributed by atoms with van der Waals surface area (Å²) in [5.74, 6) is 1.81. The molecule has 0 saturated carbocycles. The number of hydrogen-bond acceptors (Lipinski definition) is 6. The molecular formula is C14H12ClN3OS2.